The average molecular weight is 342 g/mol. The first-order valence-electron chi connectivity index (χ1n) is 8.36. The van der Waals surface area contributed by atoms with Crippen molar-refractivity contribution in [3.05, 3.63) is 58.0 Å². The van der Waals surface area contributed by atoms with Crippen LogP contribution in [0.5, 0.6) is 5.75 Å². The summed E-state index contributed by atoms with van der Waals surface area (Å²) < 4.78 is 5.17. The molecule has 1 aromatic carbocycles. The molecule has 1 saturated heterocycles. The highest BCUT2D eigenvalue weighted by molar-refractivity contribution is 5.92. The monoisotopic (exact) mass is 342 g/mol. The number of amides is 1. The lowest BCUT2D eigenvalue weighted by Crippen LogP contribution is -2.49. The van der Waals surface area contributed by atoms with Crippen LogP contribution >= 0.6 is 0 Å². The van der Waals surface area contributed by atoms with Gasteiger partial charge >= 0.3 is 0 Å². The van der Waals surface area contributed by atoms with E-state index in [1.165, 1.54) is 17.7 Å². The molecule has 2 heterocycles. The fourth-order valence-electron chi connectivity index (χ4n) is 2.88. The number of aromatic amines is 1. The second-order valence-corrected chi connectivity index (χ2v) is 6.04. The molecule has 1 aliphatic rings. The summed E-state index contributed by atoms with van der Waals surface area (Å²) in [5, 5.41) is 6.11. The lowest BCUT2D eigenvalue weighted by molar-refractivity contribution is 0.0631. The lowest BCUT2D eigenvalue weighted by atomic mass is 10.1. The third-order valence-electron chi connectivity index (χ3n) is 4.43. The van der Waals surface area contributed by atoms with Gasteiger partial charge in [-0.25, -0.2) is 5.10 Å². The molecule has 0 saturated carbocycles. The summed E-state index contributed by atoms with van der Waals surface area (Å²) in [7, 11) is 1.67. The molecule has 0 atom stereocenters. The normalized spacial score (nSPS) is 15.2. The van der Waals surface area contributed by atoms with Gasteiger partial charge in [-0.3, -0.25) is 14.5 Å². The van der Waals surface area contributed by atoms with Crippen LogP contribution in [-0.4, -0.2) is 65.7 Å². The number of carbonyl (C=O) groups is 1. The zero-order chi connectivity index (χ0) is 17.6. The predicted molar refractivity (Wildman–Crippen MR) is 93.9 cm³/mol. The van der Waals surface area contributed by atoms with Gasteiger partial charge in [0, 0.05) is 38.8 Å². The standard InChI is InChI=1S/C18H22N4O3/c1-25-15-4-2-14(3-5-15)8-9-21-10-12-22(13-11-21)18(24)16-6-7-17(23)20-19-16/h2-7H,8-13H2,1H3,(H,20,23). The van der Waals surface area contributed by atoms with Crippen molar-refractivity contribution in [1.29, 1.82) is 0 Å². The molecule has 2 aromatic rings. The van der Waals surface area contributed by atoms with E-state index in [1.54, 1.807) is 12.0 Å². The van der Waals surface area contributed by atoms with Gasteiger partial charge < -0.3 is 9.64 Å². The Kier molecular flexibility index (Phi) is 5.45. The van der Waals surface area contributed by atoms with Crippen LogP contribution in [-0.2, 0) is 6.42 Å². The van der Waals surface area contributed by atoms with E-state index in [-0.39, 0.29) is 17.2 Å². The van der Waals surface area contributed by atoms with Crippen molar-refractivity contribution in [2.45, 2.75) is 6.42 Å². The van der Waals surface area contributed by atoms with E-state index in [0.29, 0.717) is 13.1 Å². The minimum Gasteiger partial charge on any atom is -0.497 e. The van der Waals surface area contributed by atoms with E-state index in [4.69, 9.17) is 4.74 Å². The second kappa shape index (κ2) is 7.94. The average Bonchev–Trinajstić information content (AvgIpc) is 2.67. The molecule has 1 N–H and O–H groups in total. The van der Waals surface area contributed by atoms with Crippen molar-refractivity contribution in [1.82, 2.24) is 20.0 Å². The minimum absolute atomic E-state index is 0.133. The maximum Gasteiger partial charge on any atom is 0.274 e. The number of H-pyrrole nitrogens is 1. The number of nitrogens with one attached hydrogen (secondary N) is 1. The topological polar surface area (TPSA) is 78.5 Å². The molecule has 1 fully saturated rings. The molecule has 0 bridgehead atoms. The van der Waals surface area contributed by atoms with Gasteiger partial charge in [-0.1, -0.05) is 12.1 Å². The summed E-state index contributed by atoms with van der Waals surface area (Å²) in [4.78, 5) is 27.5. The zero-order valence-electron chi connectivity index (χ0n) is 14.3. The van der Waals surface area contributed by atoms with E-state index in [9.17, 15) is 9.59 Å². The van der Waals surface area contributed by atoms with Crippen molar-refractivity contribution < 1.29 is 9.53 Å². The van der Waals surface area contributed by atoms with Gasteiger partial charge in [0.05, 0.1) is 7.11 Å². The number of methoxy groups -OCH3 is 1. The number of piperazine rings is 1. The molecular weight excluding hydrogens is 320 g/mol. The molecule has 7 nitrogen and oxygen atoms in total. The van der Waals surface area contributed by atoms with E-state index in [1.807, 2.05) is 12.1 Å². The van der Waals surface area contributed by atoms with E-state index in [0.717, 1.165) is 31.8 Å². The molecule has 7 heteroatoms. The molecule has 0 aliphatic carbocycles. The van der Waals surface area contributed by atoms with Crippen LogP contribution in [0.25, 0.3) is 0 Å². The lowest BCUT2D eigenvalue weighted by Gasteiger charge is -2.34. The molecule has 0 radical (unpaired) electrons. The molecule has 0 unspecified atom stereocenters. The number of carbonyl (C=O) groups excluding carboxylic acids is 1. The second-order valence-electron chi connectivity index (χ2n) is 6.04. The number of rotatable bonds is 5. The van der Waals surface area contributed by atoms with Crippen LogP contribution in [0.3, 0.4) is 0 Å². The van der Waals surface area contributed by atoms with Crippen LogP contribution in [0.4, 0.5) is 0 Å². The number of nitrogens with zero attached hydrogens (tertiary/aromatic N) is 3. The van der Waals surface area contributed by atoms with E-state index in [2.05, 4.69) is 27.2 Å². The number of hydrogen-bond donors (Lipinski definition) is 1. The van der Waals surface area contributed by atoms with Crippen molar-refractivity contribution >= 4 is 5.91 Å². The maximum atomic E-state index is 12.4. The molecule has 1 aliphatic heterocycles. The van der Waals surface area contributed by atoms with Crippen LogP contribution < -0.4 is 10.3 Å². The zero-order valence-corrected chi connectivity index (χ0v) is 14.3. The first-order valence-corrected chi connectivity index (χ1v) is 8.36. The minimum atomic E-state index is -0.306. The first kappa shape index (κ1) is 17.2. The van der Waals surface area contributed by atoms with E-state index < -0.39 is 0 Å². The first-order chi connectivity index (χ1) is 12.2. The Labute approximate surface area is 146 Å². The Morgan fingerprint density at radius 3 is 2.44 bits per heavy atom. The van der Waals surface area contributed by atoms with Crippen LogP contribution in [0.2, 0.25) is 0 Å². The van der Waals surface area contributed by atoms with Crippen molar-refractivity contribution in [2.75, 3.05) is 39.8 Å². The van der Waals surface area contributed by atoms with Gasteiger partial charge in [0.15, 0.2) is 0 Å². The van der Waals surface area contributed by atoms with E-state index >= 15 is 0 Å². The summed E-state index contributed by atoms with van der Waals surface area (Å²) >= 11 is 0. The Balaban J connectivity index is 1.47. The number of benzene rings is 1. The third kappa shape index (κ3) is 4.45. The molecule has 1 aromatic heterocycles. The molecule has 25 heavy (non-hydrogen) atoms. The van der Waals surface area contributed by atoms with Gasteiger partial charge in [0.2, 0.25) is 0 Å². The van der Waals surface area contributed by atoms with Crippen molar-refractivity contribution in [3.63, 3.8) is 0 Å². The summed E-state index contributed by atoms with van der Waals surface area (Å²) in [6, 6.07) is 10.9. The maximum absolute atomic E-state index is 12.4. The number of hydrogen-bond acceptors (Lipinski definition) is 5. The van der Waals surface area contributed by atoms with Crippen LogP contribution in [0.15, 0.2) is 41.2 Å². The Morgan fingerprint density at radius 2 is 1.84 bits per heavy atom. The smallest absolute Gasteiger partial charge is 0.274 e. The summed E-state index contributed by atoms with van der Waals surface area (Å²) in [6.45, 7) is 3.98. The van der Waals surface area contributed by atoms with Gasteiger partial charge in [0.1, 0.15) is 11.4 Å². The predicted octanol–water partition coefficient (Wildman–Crippen LogP) is 0.779. The Bertz CT molecular complexity index is 744. The summed E-state index contributed by atoms with van der Waals surface area (Å²) in [5.41, 5.74) is 1.25. The van der Waals surface area contributed by atoms with Crippen LogP contribution in [0.1, 0.15) is 16.1 Å². The largest absolute Gasteiger partial charge is 0.497 e. The summed E-state index contributed by atoms with van der Waals surface area (Å²) in [5.74, 6) is 0.734. The Hall–Kier alpha value is -2.67. The van der Waals surface area contributed by atoms with Crippen LogP contribution in [0, 0.1) is 0 Å². The van der Waals surface area contributed by atoms with Crippen molar-refractivity contribution in [2.24, 2.45) is 0 Å². The molecule has 3 rings (SSSR count). The third-order valence-corrected chi connectivity index (χ3v) is 4.43. The molecule has 132 valence electrons. The number of aromatic nitrogens is 2. The van der Waals surface area contributed by atoms with Gasteiger partial charge in [-0.15, -0.1) is 0 Å². The highest BCUT2D eigenvalue weighted by Gasteiger charge is 2.22. The quantitative estimate of drug-likeness (QED) is 0.869. The summed E-state index contributed by atoms with van der Waals surface area (Å²) in [6.07, 6.45) is 0.972. The van der Waals surface area contributed by atoms with Gasteiger partial charge in [0.25, 0.3) is 11.5 Å². The fourth-order valence-corrected chi connectivity index (χ4v) is 2.88. The Morgan fingerprint density at radius 1 is 1.12 bits per heavy atom. The van der Waals surface area contributed by atoms with Crippen molar-refractivity contribution in [3.8, 4) is 5.75 Å². The van der Waals surface area contributed by atoms with Gasteiger partial charge in [-0.2, -0.15) is 5.10 Å². The molecule has 0 spiro atoms. The van der Waals surface area contributed by atoms with Gasteiger partial charge in [-0.05, 0) is 30.2 Å². The number of ether oxygens (including phenoxy) is 1. The molecule has 1 amide bonds. The highest BCUT2D eigenvalue weighted by Crippen LogP contribution is 2.13. The highest BCUT2D eigenvalue weighted by atomic mass is 16.5. The molecular formula is C18H22N4O3. The SMILES string of the molecule is COc1ccc(CCN2CCN(C(=O)c3ccc(=O)[nH]n3)CC2)cc1. The fraction of sp³-hybridized carbons (Fsp3) is 0.389.